The highest BCUT2D eigenvalue weighted by Gasteiger charge is 2.21. The molecule has 0 aliphatic carbocycles. The van der Waals surface area contributed by atoms with Crippen molar-refractivity contribution < 1.29 is 9.32 Å². The van der Waals surface area contributed by atoms with Crippen LogP contribution >= 0.6 is 0 Å². The van der Waals surface area contributed by atoms with Crippen LogP contribution in [0.2, 0.25) is 0 Å². The number of ketones is 1. The number of aromatic nitrogens is 2. The van der Waals surface area contributed by atoms with Crippen LogP contribution in [0.3, 0.4) is 0 Å². The number of rotatable bonds is 4. The molecule has 1 aromatic heterocycles. The topological polar surface area (TPSA) is 56.0 Å². The number of hydrogen-bond acceptors (Lipinski definition) is 4. The standard InChI is InChI=1S/C12H20N2O2/c1-8(2)6-9(15)7-10-13-11(14-16-10)12(3,4)5/h8H,6-7H2,1-5H3. The predicted molar refractivity (Wildman–Crippen MR) is 61.2 cm³/mol. The van der Waals surface area contributed by atoms with Gasteiger partial charge in [-0.2, -0.15) is 4.98 Å². The van der Waals surface area contributed by atoms with Crippen molar-refractivity contribution in [1.29, 1.82) is 0 Å². The van der Waals surface area contributed by atoms with Crippen LogP contribution in [0.5, 0.6) is 0 Å². The first-order chi connectivity index (χ1) is 7.29. The van der Waals surface area contributed by atoms with Gasteiger partial charge in [-0.05, 0) is 5.92 Å². The first kappa shape index (κ1) is 12.9. The monoisotopic (exact) mass is 224 g/mol. The van der Waals surface area contributed by atoms with E-state index in [4.69, 9.17) is 4.52 Å². The molecule has 0 bridgehead atoms. The van der Waals surface area contributed by atoms with Gasteiger partial charge in [0.25, 0.3) is 0 Å². The van der Waals surface area contributed by atoms with Gasteiger partial charge in [0.1, 0.15) is 5.78 Å². The summed E-state index contributed by atoms with van der Waals surface area (Å²) in [5, 5.41) is 3.88. The molecule has 4 nitrogen and oxygen atoms in total. The first-order valence-corrected chi connectivity index (χ1v) is 5.64. The van der Waals surface area contributed by atoms with Crippen LogP contribution in [0.15, 0.2) is 4.52 Å². The van der Waals surface area contributed by atoms with Gasteiger partial charge < -0.3 is 4.52 Å². The van der Waals surface area contributed by atoms with Gasteiger partial charge in [0, 0.05) is 11.8 Å². The maximum atomic E-state index is 11.6. The first-order valence-electron chi connectivity index (χ1n) is 5.64. The average molecular weight is 224 g/mol. The number of hydrogen-bond donors (Lipinski definition) is 0. The van der Waals surface area contributed by atoms with Crippen LogP contribution in [-0.4, -0.2) is 15.9 Å². The van der Waals surface area contributed by atoms with Crippen LogP contribution in [0, 0.1) is 5.92 Å². The molecule has 0 aromatic carbocycles. The molecule has 0 spiro atoms. The predicted octanol–water partition coefficient (Wildman–Crippen LogP) is 2.52. The smallest absolute Gasteiger partial charge is 0.234 e. The molecular weight excluding hydrogens is 204 g/mol. The molecule has 0 N–H and O–H groups in total. The van der Waals surface area contributed by atoms with E-state index >= 15 is 0 Å². The van der Waals surface area contributed by atoms with E-state index in [0.717, 1.165) is 0 Å². The summed E-state index contributed by atoms with van der Waals surface area (Å²) in [5.41, 5.74) is -0.136. The summed E-state index contributed by atoms with van der Waals surface area (Å²) in [6.45, 7) is 10.1. The lowest BCUT2D eigenvalue weighted by Gasteiger charge is -2.10. The summed E-state index contributed by atoms with van der Waals surface area (Å²) < 4.78 is 5.06. The fourth-order valence-corrected chi connectivity index (χ4v) is 1.33. The maximum absolute atomic E-state index is 11.6. The van der Waals surface area contributed by atoms with Crippen molar-refractivity contribution in [2.45, 2.75) is 52.9 Å². The lowest BCUT2D eigenvalue weighted by atomic mass is 9.96. The van der Waals surface area contributed by atoms with Crippen molar-refractivity contribution in [3.05, 3.63) is 11.7 Å². The molecule has 1 rings (SSSR count). The maximum Gasteiger partial charge on any atom is 0.234 e. The molecule has 1 heterocycles. The Morgan fingerprint density at radius 1 is 1.38 bits per heavy atom. The second kappa shape index (κ2) is 4.76. The van der Waals surface area contributed by atoms with E-state index in [-0.39, 0.29) is 17.6 Å². The quantitative estimate of drug-likeness (QED) is 0.788. The SMILES string of the molecule is CC(C)CC(=O)Cc1nc(C(C)(C)C)no1. The number of carbonyl (C=O) groups is 1. The summed E-state index contributed by atoms with van der Waals surface area (Å²) >= 11 is 0. The largest absolute Gasteiger partial charge is 0.339 e. The van der Waals surface area contributed by atoms with E-state index in [0.29, 0.717) is 24.1 Å². The number of Topliss-reactive ketones (excluding diaryl/α,β-unsaturated/α-hetero) is 1. The van der Waals surface area contributed by atoms with Gasteiger partial charge >= 0.3 is 0 Å². The Bertz CT molecular complexity index is 361. The fourth-order valence-electron chi connectivity index (χ4n) is 1.33. The van der Waals surface area contributed by atoms with E-state index in [1.807, 2.05) is 34.6 Å². The molecular formula is C12H20N2O2. The van der Waals surface area contributed by atoms with Gasteiger partial charge in [0.2, 0.25) is 5.89 Å². The third-order valence-electron chi connectivity index (χ3n) is 2.12. The summed E-state index contributed by atoms with van der Waals surface area (Å²) in [5.74, 6) is 1.60. The van der Waals surface area contributed by atoms with Gasteiger partial charge in [0.15, 0.2) is 5.82 Å². The van der Waals surface area contributed by atoms with Crippen molar-refractivity contribution in [2.24, 2.45) is 5.92 Å². The molecule has 0 amide bonds. The van der Waals surface area contributed by atoms with Crippen molar-refractivity contribution in [1.82, 2.24) is 10.1 Å². The molecule has 90 valence electrons. The van der Waals surface area contributed by atoms with Gasteiger partial charge in [0.05, 0.1) is 6.42 Å². The molecule has 4 heteroatoms. The van der Waals surface area contributed by atoms with Gasteiger partial charge in [-0.25, -0.2) is 0 Å². The van der Waals surface area contributed by atoms with Crippen LogP contribution in [0.25, 0.3) is 0 Å². The molecule has 0 atom stereocenters. The molecule has 0 saturated heterocycles. The molecule has 0 aliphatic rings. The third kappa shape index (κ3) is 3.76. The number of nitrogens with zero attached hydrogens (tertiary/aromatic N) is 2. The Labute approximate surface area is 96.4 Å². The van der Waals surface area contributed by atoms with Crippen LogP contribution in [0.4, 0.5) is 0 Å². The zero-order chi connectivity index (χ0) is 12.3. The molecule has 1 aromatic rings. The van der Waals surface area contributed by atoms with Crippen molar-refractivity contribution in [3.8, 4) is 0 Å². The van der Waals surface area contributed by atoms with E-state index in [1.54, 1.807) is 0 Å². The van der Waals surface area contributed by atoms with E-state index in [9.17, 15) is 4.79 Å². The van der Waals surface area contributed by atoms with E-state index < -0.39 is 0 Å². The van der Waals surface area contributed by atoms with Crippen molar-refractivity contribution in [3.63, 3.8) is 0 Å². The minimum absolute atomic E-state index is 0.136. The van der Waals surface area contributed by atoms with Gasteiger partial charge in [-0.1, -0.05) is 39.8 Å². The third-order valence-corrected chi connectivity index (χ3v) is 2.12. The van der Waals surface area contributed by atoms with Gasteiger partial charge in [-0.3, -0.25) is 4.79 Å². The highest BCUT2D eigenvalue weighted by molar-refractivity contribution is 5.80. The lowest BCUT2D eigenvalue weighted by Crippen LogP contribution is -2.13. The highest BCUT2D eigenvalue weighted by Crippen LogP contribution is 2.18. The van der Waals surface area contributed by atoms with E-state index in [1.165, 1.54) is 0 Å². The van der Waals surface area contributed by atoms with Crippen molar-refractivity contribution >= 4 is 5.78 Å². The Morgan fingerprint density at radius 3 is 2.44 bits per heavy atom. The minimum atomic E-state index is -0.136. The molecule has 0 fully saturated rings. The summed E-state index contributed by atoms with van der Waals surface area (Å²) in [7, 11) is 0. The molecule has 16 heavy (non-hydrogen) atoms. The Morgan fingerprint density at radius 2 is 2.00 bits per heavy atom. The van der Waals surface area contributed by atoms with E-state index in [2.05, 4.69) is 10.1 Å². The molecule has 0 unspecified atom stereocenters. The average Bonchev–Trinajstić information content (AvgIpc) is 2.49. The van der Waals surface area contributed by atoms with Gasteiger partial charge in [-0.15, -0.1) is 0 Å². The molecule has 0 aliphatic heterocycles. The lowest BCUT2D eigenvalue weighted by molar-refractivity contribution is -0.119. The highest BCUT2D eigenvalue weighted by atomic mass is 16.5. The second-order valence-corrected chi connectivity index (χ2v) is 5.58. The Hall–Kier alpha value is -1.19. The fraction of sp³-hybridized carbons (Fsp3) is 0.750. The summed E-state index contributed by atoms with van der Waals surface area (Å²) in [6, 6.07) is 0. The Kier molecular flexibility index (Phi) is 3.83. The second-order valence-electron chi connectivity index (χ2n) is 5.58. The number of carbonyl (C=O) groups excluding carboxylic acids is 1. The summed E-state index contributed by atoms with van der Waals surface area (Å²) in [6.07, 6.45) is 0.814. The zero-order valence-electron chi connectivity index (χ0n) is 10.7. The minimum Gasteiger partial charge on any atom is -0.339 e. The normalized spacial score (nSPS) is 12.1. The Balaban J connectivity index is 2.62. The summed E-state index contributed by atoms with van der Waals surface area (Å²) in [4.78, 5) is 15.8. The van der Waals surface area contributed by atoms with Crippen LogP contribution in [-0.2, 0) is 16.6 Å². The zero-order valence-corrected chi connectivity index (χ0v) is 10.7. The van der Waals surface area contributed by atoms with Crippen LogP contribution in [0.1, 0.15) is 52.8 Å². The van der Waals surface area contributed by atoms with Crippen molar-refractivity contribution in [2.75, 3.05) is 0 Å². The molecule has 0 radical (unpaired) electrons. The molecule has 0 saturated carbocycles. The van der Waals surface area contributed by atoms with Crippen LogP contribution < -0.4 is 0 Å².